The molecule has 0 aliphatic heterocycles. The summed E-state index contributed by atoms with van der Waals surface area (Å²) < 4.78 is 1.78. The van der Waals surface area contributed by atoms with E-state index in [1.54, 1.807) is 16.0 Å². The van der Waals surface area contributed by atoms with Crippen LogP contribution in [0.5, 0.6) is 0 Å². The van der Waals surface area contributed by atoms with Crippen molar-refractivity contribution < 1.29 is 0 Å². The summed E-state index contributed by atoms with van der Waals surface area (Å²) in [5.74, 6) is 0. The number of aromatic nitrogens is 4. The summed E-state index contributed by atoms with van der Waals surface area (Å²) in [5.41, 5.74) is 2.37. The molecular weight excluding hydrogens is 338 g/mol. The lowest BCUT2D eigenvalue weighted by molar-refractivity contribution is 0.550. The molecule has 1 unspecified atom stereocenters. The summed E-state index contributed by atoms with van der Waals surface area (Å²) in [7, 11) is 0. The molecule has 1 aromatic carbocycles. The van der Waals surface area contributed by atoms with E-state index >= 15 is 0 Å². The first-order valence-corrected chi connectivity index (χ1v) is 9.41. The van der Waals surface area contributed by atoms with Crippen molar-refractivity contribution >= 4 is 23.1 Å². The van der Waals surface area contributed by atoms with Crippen LogP contribution in [0.25, 0.3) is 0 Å². The molecule has 0 bridgehead atoms. The van der Waals surface area contributed by atoms with Crippen molar-refractivity contribution in [2.24, 2.45) is 0 Å². The van der Waals surface area contributed by atoms with E-state index in [4.69, 9.17) is 0 Å². The van der Waals surface area contributed by atoms with E-state index in [-0.39, 0.29) is 5.25 Å². The fraction of sp³-hybridized carbons (Fsp3) is 0.294. The highest BCUT2D eigenvalue weighted by Gasteiger charge is 2.16. The van der Waals surface area contributed by atoms with Gasteiger partial charge in [-0.2, -0.15) is 5.26 Å². The number of aryl methyl sites for hydroxylation is 3. The molecule has 0 aliphatic carbocycles. The third-order valence-electron chi connectivity index (χ3n) is 3.58. The second-order valence-corrected chi connectivity index (χ2v) is 7.64. The summed E-state index contributed by atoms with van der Waals surface area (Å²) in [4.78, 5) is 1.30. The van der Waals surface area contributed by atoms with Crippen molar-refractivity contribution in [1.82, 2.24) is 20.2 Å². The summed E-state index contributed by atoms with van der Waals surface area (Å²) in [6, 6.07) is 14.8. The molecule has 0 aliphatic rings. The monoisotopic (exact) mass is 355 g/mol. The fourth-order valence-electron chi connectivity index (χ4n) is 2.27. The highest BCUT2D eigenvalue weighted by atomic mass is 32.2. The van der Waals surface area contributed by atoms with Gasteiger partial charge < -0.3 is 0 Å². The van der Waals surface area contributed by atoms with E-state index in [9.17, 15) is 5.26 Å². The van der Waals surface area contributed by atoms with Crippen LogP contribution in [0.1, 0.15) is 16.0 Å². The summed E-state index contributed by atoms with van der Waals surface area (Å²) in [5, 5.41) is 23.9. The average Bonchev–Trinajstić information content (AvgIpc) is 3.26. The molecule has 1 atom stereocenters. The van der Waals surface area contributed by atoms with Crippen molar-refractivity contribution in [1.29, 1.82) is 5.26 Å². The lowest BCUT2D eigenvalue weighted by atomic mass is 10.1. The lowest BCUT2D eigenvalue weighted by Gasteiger charge is -2.09. The lowest BCUT2D eigenvalue weighted by Crippen LogP contribution is -2.09. The maximum Gasteiger partial charge on any atom is 0.210 e. The second kappa shape index (κ2) is 8.08. The van der Waals surface area contributed by atoms with E-state index < -0.39 is 0 Å². The molecule has 3 aromatic rings. The molecule has 0 spiro atoms. The zero-order valence-corrected chi connectivity index (χ0v) is 14.9. The normalized spacial score (nSPS) is 12.0. The number of hydrogen-bond donors (Lipinski definition) is 0. The molecule has 0 saturated heterocycles. The molecule has 122 valence electrons. The van der Waals surface area contributed by atoms with Gasteiger partial charge in [0.25, 0.3) is 0 Å². The largest absolute Gasteiger partial charge is 0.220 e. The third kappa shape index (κ3) is 4.43. The van der Waals surface area contributed by atoms with Gasteiger partial charge in [0.15, 0.2) is 0 Å². The fourth-order valence-corrected chi connectivity index (χ4v) is 3.89. The molecule has 0 fully saturated rings. The van der Waals surface area contributed by atoms with E-state index in [0.29, 0.717) is 11.6 Å². The molecule has 7 heteroatoms. The van der Waals surface area contributed by atoms with Crippen LogP contribution >= 0.6 is 23.1 Å². The van der Waals surface area contributed by atoms with Gasteiger partial charge in [0.1, 0.15) is 5.25 Å². The van der Waals surface area contributed by atoms with Gasteiger partial charge in [-0.25, -0.2) is 4.68 Å². The van der Waals surface area contributed by atoms with Gasteiger partial charge in [-0.3, -0.25) is 0 Å². The zero-order chi connectivity index (χ0) is 16.8. The Morgan fingerprint density at radius 1 is 1.29 bits per heavy atom. The zero-order valence-electron chi connectivity index (χ0n) is 13.3. The Morgan fingerprint density at radius 3 is 2.83 bits per heavy atom. The second-order valence-electron chi connectivity index (χ2n) is 5.44. The Morgan fingerprint density at radius 2 is 2.12 bits per heavy atom. The number of nitrogens with zero attached hydrogens (tertiary/aromatic N) is 5. The Bertz CT molecular complexity index is 802. The molecule has 0 radical (unpaired) electrons. The number of hydrogen-bond acceptors (Lipinski definition) is 6. The van der Waals surface area contributed by atoms with Gasteiger partial charge in [-0.1, -0.05) is 47.7 Å². The predicted molar refractivity (Wildman–Crippen MR) is 96.0 cm³/mol. The highest BCUT2D eigenvalue weighted by molar-refractivity contribution is 8.00. The van der Waals surface area contributed by atoms with Crippen LogP contribution in [0.15, 0.2) is 46.9 Å². The maximum atomic E-state index is 9.46. The van der Waals surface area contributed by atoms with Gasteiger partial charge in [0.2, 0.25) is 5.16 Å². The van der Waals surface area contributed by atoms with E-state index in [1.807, 2.05) is 6.07 Å². The van der Waals surface area contributed by atoms with Crippen molar-refractivity contribution in [3.05, 3.63) is 57.8 Å². The number of rotatable bonds is 7. The molecular formula is C17H17N5S2. The molecule has 2 aromatic heterocycles. The van der Waals surface area contributed by atoms with Crippen LogP contribution < -0.4 is 0 Å². The van der Waals surface area contributed by atoms with Crippen molar-refractivity contribution in [3.63, 3.8) is 0 Å². The minimum absolute atomic E-state index is 0.209. The predicted octanol–water partition coefficient (Wildman–Crippen LogP) is 3.51. The van der Waals surface area contributed by atoms with Crippen LogP contribution in [-0.4, -0.2) is 25.5 Å². The first-order chi connectivity index (χ1) is 11.7. The number of benzene rings is 1. The molecule has 0 amide bonds. The Labute approximate surface area is 149 Å². The van der Waals surface area contributed by atoms with Crippen LogP contribution in [0.3, 0.4) is 0 Å². The third-order valence-corrected chi connectivity index (χ3v) is 5.58. The summed E-state index contributed by atoms with van der Waals surface area (Å²) in [6.45, 7) is 2.78. The molecule has 5 nitrogen and oxygen atoms in total. The minimum atomic E-state index is -0.209. The smallest absolute Gasteiger partial charge is 0.210 e. The van der Waals surface area contributed by atoms with Crippen LogP contribution in [0.4, 0.5) is 0 Å². The van der Waals surface area contributed by atoms with E-state index in [1.165, 1.54) is 22.2 Å². The van der Waals surface area contributed by atoms with Gasteiger partial charge in [-0.15, -0.1) is 16.4 Å². The SMILES string of the molecule is Cc1ccc(CC(C#N)Sc2nnnn2CCc2cccs2)cc1. The minimum Gasteiger partial charge on any atom is -0.220 e. The number of thiophene rings is 1. The van der Waals surface area contributed by atoms with Crippen molar-refractivity contribution in [2.45, 2.75) is 36.7 Å². The number of tetrazole rings is 1. The van der Waals surface area contributed by atoms with Gasteiger partial charge >= 0.3 is 0 Å². The van der Waals surface area contributed by atoms with Crippen LogP contribution in [-0.2, 0) is 19.4 Å². The van der Waals surface area contributed by atoms with Gasteiger partial charge in [0.05, 0.1) is 12.6 Å². The Balaban J connectivity index is 1.62. The molecule has 0 N–H and O–H groups in total. The standard InChI is InChI=1S/C17H17N5S2/c1-13-4-6-14(7-5-13)11-16(12-18)24-17-19-20-21-22(17)9-8-15-3-2-10-23-15/h2-7,10,16H,8-9,11H2,1H3. The topological polar surface area (TPSA) is 67.4 Å². The molecule has 24 heavy (non-hydrogen) atoms. The van der Waals surface area contributed by atoms with Gasteiger partial charge in [-0.05, 0) is 40.8 Å². The Hall–Kier alpha value is -2.17. The summed E-state index contributed by atoms with van der Waals surface area (Å²) >= 11 is 3.16. The first-order valence-electron chi connectivity index (χ1n) is 7.65. The van der Waals surface area contributed by atoms with E-state index in [0.717, 1.165) is 18.5 Å². The quantitative estimate of drug-likeness (QED) is 0.607. The van der Waals surface area contributed by atoms with Crippen LogP contribution in [0, 0.1) is 18.3 Å². The number of nitriles is 1. The van der Waals surface area contributed by atoms with Gasteiger partial charge in [0, 0.05) is 11.3 Å². The van der Waals surface area contributed by atoms with Crippen molar-refractivity contribution in [2.75, 3.05) is 0 Å². The average molecular weight is 355 g/mol. The van der Waals surface area contributed by atoms with E-state index in [2.05, 4.69) is 64.2 Å². The maximum absolute atomic E-state index is 9.46. The highest BCUT2D eigenvalue weighted by Crippen LogP contribution is 2.24. The Kier molecular flexibility index (Phi) is 5.62. The molecule has 2 heterocycles. The first kappa shape index (κ1) is 16.7. The summed E-state index contributed by atoms with van der Waals surface area (Å²) in [6.07, 6.45) is 1.57. The van der Waals surface area contributed by atoms with Crippen LogP contribution in [0.2, 0.25) is 0 Å². The van der Waals surface area contributed by atoms with Crippen molar-refractivity contribution in [3.8, 4) is 6.07 Å². The number of thioether (sulfide) groups is 1. The molecule has 0 saturated carbocycles. The molecule has 3 rings (SSSR count).